The summed E-state index contributed by atoms with van der Waals surface area (Å²) in [6, 6.07) is 14.0. The highest BCUT2D eigenvalue weighted by atomic mass is 16.2. The molecule has 8 nitrogen and oxygen atoms in total. The van der Waals surface area contributed by atoms with Gasteiger partial charge >= 0.3 is 0 Å². The van der Waals surface area contributed by atoms with Crippen LogP contribution in [-0.2, 0) is 14.4 Å². The molecule has 3 aliphatic heterocycles. The van der Waals surface area contributed by atoms with Crippen molar-refractivity contribution in [2.24, 2.45) is 0 Å². The lowest BCUT2D eigenvalue weighted by Gasteiger charge is -2.48. The fourth-order valence-electron chi connectivity index (χ4n) is 4.62. The minimum atomic E-state index is -0.921. The predicted molar refractivity (Wildman–Crippen MR) is 110 cm³/mol. The predicted octanol–water partition coefficient (Wildman–Crippen LogP) is 1.97. The smallest absolute Gasteiger partial charge is 0.258 e. The van der Waals surface area contributed by atoms with Gasteiger partial charge in [-0.25, -0.2) is 0 Å². The molecule has 3 aliphatic rings. The molecule has 2 aromatic carbocycles. The fraction of sp³-hybridized carbons (Fsp3) is 0.273. The van der Waals surface area contributed by atoms with E-state index in [1.54, 1.807) is 53.4 Å². The molecule has 1 saturated heterocycles. The number of benzene rings is 2. The van der Waals surface area contributed by atoms with E-state index in [-0.39, 0.29) is 36.7 Å². The fourth-order valence-corrected chi connectivity index (χ4v) is 4.62. The number of rotatable bonds is 2. The molecule has 0 bridgehead atoms. The maximum Gasteiger partial charge on any atom is 0.258 e. The monoisotopic (exact) mass is 404 g/mol. The number of anilines is 3. The third-order valence-electron chi connectivity index (χ3n) is 6.11. The first-order valence-corrected chi connectivity index (χ1v) is 9.83. The summed E-state index contributed by atoms with van der Waals surface area (Å²) in [5.41, 5.74) is 1.21. The maximum atomic E-state index is 13.3. The van der Waals surface area contributed by atoms with Gasteiger partial charge in [-0.05, 0) is 37.6 Å². The number of carbonyl (C=O) groups excluding carboxylic acids is 4. The van der Waals surface area contributed by atoms with E-state index in [0.29, 0.717) is 35.5 Å². The van der Waals surface area contributed by atoms with Crippen LogP contribution in [0.1, 0.15) is 30.1 Å². The summed E-state index contributed by atoms with van der Waals surface area (Å²) in [5, 5.41) is 2.75. The van der Waals surface area contributed by atoms with Gasteiger partial charge in [-0.3, -0.25) is 29.0 Å². The maximum absolute atomic E-state index is 13.3. The van der Waals surface area contributed by atoms with Crippen molar-refractivity contribution in [1.82, 2.24) is 4.90 Å². The molecule has 0 aliphatic carbocycles. The number of nitrogens with zero attached hydrogens (tertiary/aromatic N) is 3. The first-order valence-electron chi connectivity index (χ1n) is 9.83. The molecule has 0 saturated carbocycles. The Bertz CT molecular complexity index is 1110. The Balaban J connectivity index is 1.52. The Morgan fingerprint density at radius 2 is 1.73 bits per heavy atom. The summed E-state index contributed by atoms with van der Waals surface area (Å²) in [4.78, 5) is 55.9. The van der Waals surface area contributed by atoms with Gasteiger partial charge in [-0.1, -0.05) is 24.3 Å². The average molecular weight is 404 g/mol. The average Bonchev–Trinajstić information content (AvgIpc) is 3.05. The second-order valence-corrected chi connectivity index (χ2v) is 7.90. The van der Waals surface area contributed by atoms with Gasteiger partial charge in [0.05, 0.1) is 22.6 Å². The number of nitrogens with one attached hydrogen (secondary N) is 1. The van der Waals surface area contributed by atoms with E-state index < -0.39 is 5.66 Å². The van der Waals surface area contributed by atoms with Crippen molar-refractivity contribution in [3.05, 3.63) is 54.1 Å². The van der Waals surface area contributed by atoms with Crippen LogP contribution in [0.2, 0.25) is 0 Å². The highest BCUT2D eigenvalue weighted by Gasteiger charge is 2.53. The number of hydrogen-bond acceptors (Lipinski definition) is 4. The Kier molecular flexibility index (Phi) is 3.92. The van der Waals surface area contributed by atoms with Gasteiger partial charge in [-0.2, -0.15) is 0 Å². The highest BCUT2D eigenvalue weighted by Crippen LogP contribution is 2.44. The van der Waals surface area contributed by atoms with Gasteiger partial charge in [0.1, 0.15) is 18.8 Å². The number of amides is 4. The lowest BCUT2D eigenvalue weighted by atomic mass is 9.98. The van der Waals surface area contributed by atoms with E-state index in [2.05, 4.69) is 5.32 Å². The summed E-state index contributed by atoms with van der Waals surface area (Å²) in [6.07, 6.45) is 0.744. The molecule has 2 aromatic rings. The van der Waals surface area contributed by atoms with Gasteiger partial charge in [0.25, 0.3) is 5.91 Å². The lowest BCUT2D eigenvalue weighted by Crippen LogP contribution is -2.64. The number of para-hydroxylation sites is 3. The second kappa shape index (κ2) is 6.41. The first kappa shape index (κ1) is 18.4. The van der Waals surface area contributed by atoms with Crippen LogP contribution < -0.4 is 15.1 Å². The zero-order valence-electron chi connectivity index (χ0n) is 16.4. The van der Waals surface area contributed by atoms with E-state index in [9.17, 15) is 19.2 Å². The first-order chi connectivity index (χ1) is 14.4. The SMILES string of the molecule is CC12CCC(=O)N1c1ccccc1C(=O)N2CC(=O)N1CC(=O)Nc2ccccc21. The Hall–Kier alpha value is -3.68. The second-order valence-electron chi connectivity index (χ2n) is 7.90. The summed E-state index contributed by atoms with van der Waals surface area (Å²) >= 11 is 0. The Morgan fingerprint density at radius 1 is 1.03 bits per heavy atom. The molecule has 1 atom stereocenters. The van der Waals surface area contributed by atoms with Gasteiger partial charge in [0, 0.05) is 6.42 Å². The molecule has 3 heterocycles. The lowest BCUT2D eigenvalue weighted by molar-refractivity contribution is -0.123. The summed E-state index contributed by atoms with van der Waals surface area (Å²) in [7, 11) is 0. The standard InChI is InChI=1S/C22H20N4O4/c1-22-11-10-19(28)26(22)16-8-4-2-6-14(16)21(30)25(22)13-20(29)24-12-18(27)23-15-7-3-5-9-17(15)24/h2-9H,10-13H2,1H3,(H,23,27). The van der Waals surface area contributed by atoms with Crippen LogP contribution in [0.5, 0.6) is 0 Å². The van der Waals surface area contributed by atoms with Crippen LogP contribution in [0.25, 0.3) is 0 Å². The van der Waals surface area contributed by atoms with Crippen LogP contribution in [0.15, 0.2) is 48.5 Å². The molecule has 30 heavy (non-hydrogen) atoms. The number of fused-ring (bicyclic) bond motifs is 4. The molecule has 152 valence electrons. The van der Waals surface area contributed by atoms with E-state index in [1.807, 2.05) is 6.92 Å². The molecule has 8 heteroatoms. The summed E-state index contributed by atoms with van der Waals surface area (Å²) < 4.78 is 0. The van der Waals surface area contributed by atoms with Crippen molar-refractivity contribution in [1.29, 1.82) is 0 Å². The third kappa shape index (κ3) is 2.53. The summed E-state index contributed by atoms with van der Waals surface area (Å²) in [5.74, 6) is -1.02. The topological polar surface area (TPSA) is 90.0 Å². The van der Waals surface area contributed by atoms with Crippen LogP contribution in [0.4, 0.5) is 17.1 Å². The van der Waals surface area contributed by atoms with Crippen molar-refractivity contribution in [2.45, 2.75) is 25.4 Å². The van der Waals surface area contributed by atoms with Crippen molar-refractivity contribution >= 4 is 40.7 Å². The molecule has 0 aromatic heterocycles. The molecule has 0 radical (unpaired) electrons. The normalized spacial score (nSPS) is 22.4. The van der Waals surface area contributed by atoms with Crippen molar-refractivity contribution in [3.63, 3.8) is 0 Å². The molecule has 1 fully saturated rings. The zero-order chi connectivity index (χ0) is 21.0. The molecular weight excluding hydrogens is 384 g/mol. The largest absolute Gasteiger partial charge is 0.323 e. The molecular formula is C22H20N4O4. The zero-order valence-corrected chi connectivity index (χ0v) is 16.4. The van der Waals surface area contributed by atoms with Crippen molar-refractivity contribution < 1.29 is 19.2 Å². The van der Waals surface area contributed by atoms with Crippen LogP contribution in [-0.4, -0.2) is 47.3 Å². The number of hydrogen-bond donors (Lipinski definition) is 1. The van der Waals surface area contributed by atoms with E-state index in [1.165, 1.54) is 9.80 Å². The molecule has 0 spiro atoms. The third-order valence-corrected chi connectivity index (χ3v) is 6.11. The van der Waals surface area contributed by atoms with Gasteiger partial charge in [0.15, 0.2) is 0 Å². The summed E-state index contributed by atoms with van der Waals surface area (Å²) in [6.45, 7) is 1.47. The van der Waals surface area contributed by atoms with Gasteiger partial charge < -0.3 is 10.2 Å². The van der Waals surface area contributed by atoms with E-state index >= 15 is 0 Å². The minimum absolute atomic E-state index is 0.0717. The minimum Gasteiger partial charge on any atom is -0.323 e. The van der Waals surface area contributed by atoms with E-state index in [0.717, 1.165) is 0 Å². The molecule has 1 unspecified atom stereocenters. The van der Waals surface area contributed by atoms with Crippen molar-refractivity contribution in [2.75, 3.05) is 28.2 Å². The van der Waals surface area contributed by atoms with Crippen LogP contribution in [0.3, 0.4) is 0 Å². The van der Waals surface area contributed by atoms with Crippen LogP contribution >= 0.6 is 0 Å². The highest BCUT2D eigenvalue weighted by molar-refractivity contribution is 6.14. The quantitative estimate of drug-likeness (QED) is 0.829. The van der Waals surface area contributed by atoms with Crippen molar-refractivity contribution in [3.8, 4) is 0 Å². The molecule has 5 rings (SSSR count). The van der Waals surface area contributed by atoms with E-state index in [4.69, 9.17) is 0 Å². The van der Waals surface area contributed by atoms with Gasteiger partial charge in [0.2, 0.25) is 17.7 Å². The Morgan fingerprint density at radius 3 is 2.53 bits per heavy atom. The molecule has 4 amide bonds. The molecule has 1 N–H and O–H groups in total. The van der Waals surface area contributed by atoms with Crippen LogP contribution in [0, 0.1) is 0 Å². The number of carbonyl (C=O) groups is 4. The Labute approximate surface area is 173 Å². The van der Waals surface area contributed by atoms with Gasteiger partial charge in [-0.15, -0.1) is 0 Å².